The zero-order valence-electron chi connectivity index (χ0n) is 10.9. The molecule has 0 aromatic heterocycles. The van der Waals surface area contributed by atoms with E-state index in [4.69, 9.17) is 0 Å². The Balaban J connectivity index is 2.97. The molecule has 5 nitrogen and oxygen atoms in total. The lowest BCUT2D eigenvalue weighted by atomic mass is 10.1. The van der Waals surface area contributed by atoms with Crippen molar-refractivity contribution in [2.75, 3.05) is 19.5 Å². The molecule has 1 unspecified atom stereocenters. The maximum absolute atomic E-state index is 11.5. The SMILES string of the molecule is COC(=O)c1cccc(NC(C)C(=O)OC)c1C. The summed E-state index contributed by atoms with van der Waals surface area (Å²) < 4.78 is 9.32. The first-order valence-corrected chi connectivity index (χ1v) is 5.53. The van der Waals surface area contributed by atoms with Gasteiger partial charge in [-0.15, -0.1) is 0 Å². The number of carbonyl (C=O) groups is 2. The fraction of sp³-hybridized carbons (Fsp3) is 0.385. The highest BCUT2D eigenvalue weighted by molar-refractivity contribution is 5.93. The molecule has 18 heavy (non-hydrogen) atoms. The summed E-state index contributed by atoms with van der Waals surface area (Å²) in [6.07, 6.45) is 0. The Hall–Kier alpha value is -2.04. The maximum atomic E-state index is 11.5. The zero-order valence-corrected chi connectivity index (χ0v) is 10.9. The van der Waals surface area contributed by atoms with E-state index in [1.807, 2.05) is 0 Å². The van der Waals surface area contributed by atoms with E-state index in [2.05, 4.69) is 14.8 Å². The molecule has 0 fully saturated rings. The number of ether oxygens (including phenoxy) is 2. The number of esters is 2. The predicted octanol–water partition coefficient (Wildman–Crippen LogP) is 1.76. The second-order valence-electron chi connectivity index (χ2n) is 3.86. The molecule has 5 heteroatoms. The van der Waals surface area contributed by atoms with E-state index in [1.165, 1.54) is 14.2 Å². The molecule has 98 valence electrons. The number of hydrogen-bond donors (Lipinski definition) is 1. The molecule has 1 atom stereocenters. The van der Waals surface area contributed by atoms with Crippen molar-refractivity contribution in [3.05, 3.63) is 29.3 Å². The predicted molar refractivity (Wildman–Crippen MR) is 67.6 cm³/mol. The summed E-state index contributed by atoms with van der Waals surface area (Å²) in [5.74, 6) is -0.764. The van der Waals surface area contributed by atoms with E-state index in [-0.39, 0.29) is 5.97 Å². The van der Waals surface area contributed by atoms with Gasteiger partial charge in [0, 0.05) is 5.69 Å². The van der Waals surface area contributed by atoms with Gasteiger partial charge in [-0.3, -0.25) is 0 Å². The van der Waals surface area contributed by atoms with Gasteiger partial charge in [0.1, 0.15) is 6.04 Å². The van der Waals surface area contributed by atoms with E-state index < -0.39 is 12.0 Å². The second kappa shape index (κ2) is 6.05. The molecule has 0 bridgehead atoms. The van der Waals surface area contributed by atoms with Crippen molar-refractivity contribution in [3.8, 4) is 0 Å². The first-order valence-electron chi connectivity index (χ1n) is 5.53. The van der Waals surface area contributed by atoms with Crippen LogP contribution >= 0.6 is 0 Å². The van der Waals surface area contributed by atoms with Gasteiger partial charge in [-0.05, 0) is 31.5 Å². The Morgan fingerprint density at radius 3 is 2.44 bits per heavy atom. The quantitative estimate of drug-likeness (QED) is 0.826. The van der Waals surface area contributed by atoms with Crippen LogP contribution in [-0.4, -0.2) is 32.2 Å². The molecule has 0 saturated carbocycles. The summed E-state index contributed by atoms with van der Waals surface area (Å²) in [4.78, 5) is 22.8. The van der Waals surface area contributed by atoms with Crippen molar-refractivity contribution in [2.24, 2.45) is 0 Å². The summed E-state index contributed by atoms with van der Waals surface area (Å²) in [5.41, 5.74) is 1.91. The average Bonchev–Trinajstić information content (AvgIpc) is 2.39. The fourth-order valence-corrected chi connectivity index (χ4v) is 1.59. The Morgan fingerprint density at radius 2 is 1.89 bits per heavy atom. The van der Waals surface area contributed by atoms with E-state index >= 15 is 0 Å². The molecule has 0 spiro atoms. The molecule has 0 aliphatic carbocycles. The molecule has 0 aliphatic heterocycles. The number of nitrogens with one attached hydrogen (secondary N) is 1. The third-order valence-electron chi connectivity index (χ3n) is 2.67. The topological polar surface area (TPSA) is 64.6 Å². The minimum Gasteiger partial charge on any atom is -0.467 e. The normalized spacial score (nSPS) is 11.6. The van der Waals surface area contributed by atoms with Gasteiger partial charge in [0.2, 0.25) is 0 Å². The van der Waals surface area contributed by atoms with Crippen LogP contribution in [0.5, 0.6) is 0 Å². The molecule has 0 heterocycles. The average molecular weight is 251 g/mol. The first kappa shape index (κ1) is 14.0. The molecule has 1 rings (SSSR count). The van der Waals surface area contributed by atoms with E-state index in [0.717, 1.165) is 5.56 Å². The standard InChI is InChI=1S/C13H17NO4/c1-8-10(13(16)18-4)6-5-7-11(8)14-9(2)12(15)17-3/h5-7,9,14H,1-4H3. The highest BCUT2D eigenvalue weighted by Crippen LogP contribution is 2.20. The molecule has 0 radical (unpaired) electrons. The number of anilines is 1. The van der Waals surface area contributed by atoms with Crippen molar-refractivity contribution in [1.29, 1.82) is 0 Å². The monoisotopic (exact) mass is 251 g/mol. The van der Waals surface area contributed by atoms with Crippen LogP contribution in [0.4, 0.5) is 5.69 Å². The van der Waals surface area contributed by atoms with Crippen molar-refractivity contribution < 1.29 is 19.1 Å². The lowest BCUT2D eigenvalue weighted by Gasteiger charge is -2.16. The molecule has 1 aromatic carbocycles. The molecule has 0 saturated heterocycles. The van der Waals surface area contributed by atoms with Crippen LogP contribution in [0.3, 0.4) is 0 Å². The van der Waals surface area contributed by atoms with Crippen LogP contribution in [0.1, 0.15) is 22.8 Å². The van der Waals surface area contributed by atoms with Gasteiger partial charge in [0.15, 0.2) is 0 Å². The minimum absolute atomic E-state index is 0.363. The highest BCUT2D eigenvalue weighted by Gasteiger charge is 2.16. The van der Waals surface area contributed by atoms with Gasteiger partial charge in [-0.1, -0.05) is 6.07 Å². The smallest absolute Gasteiger partial charge is 0.338 e. The summed E-state index contributed by atoms with van der Waals surface area (Å²) in [5, 5.41) is 3.00. The zero-order chi connectivity index (χ0) is 13.7. The molecule has 1 aromatic rings. The van der Waals surface area contributed by atoms with Crippen LogP contribution in [0.25, 0.3) is 0 Å². The largest absolute Gasteiger partial charge is 0.467 e. The first-order chi connectivity index (χ1) is 8.51. The number of hydrogen-bond acceptors (Lipinski definition) is 5. The third-order valence-corrected chi connectivity index (χ3v) is 2.67. The molecule has 0 amide bonds. The van der Waals surface area contributed by atoms with Crippen LogP contribution in [-0.2, 0) is 14.3 Å². The van der Waals surface area contributed by atoms with Crippen molar-refractivity contribution >= 4 is 17.6 Å². The third kappa shape index (κ3) is 3.00. The molecular weight excluding hydrogens is 234 g/mol. The second-order valence-corrected chi connectivity index (χ2v) is 3.86. The Labute approximate surface area is 106 Å². The lowest BCUT2D eigenvalue weighted by molar-refractivity contribution is -0.141. The van der Waals surface area contributed by atoms with Crippen molar-refractivity contribution in [3.63, 3.8) is 0 Å². The van der Waals surface area contributed by atoms with Gasteiger partial charge in [0.05, 0.1) is 19.8 Å². The Morgan fingerprint density at radius 1 is 1.22 bits per heavy atom. The van der Waals surface area contributed by atoms with Gasteiger partial charge in [0.25, 0.3) is 0 Å². The summed E-state index contributed by atoms with van der Waals surface area (Å²) in [6, 6.07) is 4.71. The lowest BCUT2D eigenvalue weighted by Crippen LogP contribution is -2.27. The van der Waals surface area contributed by atoms with Crippen LogP contribution in [0.15, 0.2) is 18.2 Å². The summed E-state index contributed by atoms with van der Waals surface area (Å²) in [7, 11) is 2.66. The summed E-state index contributed by atoms with van der Waals surface area (Å²) in [6.45, 7) is 3.48. The molecular formula is C13H17NO4. The fourth-order valence-electron chi connectivity index (χ4n) is 1.59. The van der Waals surface area contributed by atoms with Gasteiger partial charge >= 0.3 is 11.9 Å². The van der Waals surface area contributed by atoms with E-state index in [9.17, 15) is 9.59 Å². The van der Waals surface area contributed by atoms with Gasteiger partial charge in [-0.25, -0.2) is 9.59 Å². The van der Waals surface area contributed by atoms with E-state index in [0.29, 0.717) is 11.3 Å². The molecule has 0 aliphatic rings. The highest BCUT2D eigenvalue weighted by atomic mass is 16.5. The number of rotatable bonds is 4. The van der Waals surface area contributed by atoms with Crippen LogP contribution in [0, 0.1) is 6.92 Å². The molecule has 1 N–H and O–H groups in total. The van der Waals surface area contributed by atoms with Crippen LogP contribution < -0.4 is 5.32 Å². The minimum atomic E-state index is -0.485. The van der Waals surface area contributed by atoms with Gasteiger partial charge in [-0.2, -0.15) is 0 Å². The summed E-state index contributed by atoms with van der Waals surface area (Å²) >= 11 is 0. The number of carbonyl (C=O) groups excluding carboxylic acids is 2. The Kier molecular flexibility index (Phi) is 4.71. The van der Waals surface area contributed by atoms with E-state index in [1.54, 1.807) is 32.0 Å². The number of benzene rings is 1. The Bertz CT molecular complexity index is 456. The van der Waals surface area contributed by atoms with Crippen LogP contribution in [0.2, 0.25) is 0 Å². The van der Waals surface area contributed by atoms with Crippen molar-refractivity contribution in [1.82, 2.24) is 0 Å². The number of methoxy groups -OCH3 is 2. The maximum Gasteiger partial charge on any atom is 0.338 e. The van der Waals surface area contributed by atoms with Gasteiger partial charge < -0.3 is 14.8 Å². The van der Waals surface area contributed by atoms with Crippen molar-refractivity contribution in [2.45, 2.75) is 19.9 Å².